The molecule has 0 aliphatic carbocycles. The lowest BCUT2D eigenvalue weighted by Gasteiger charge is -2.07. The summed E-state index contributed by atoms with van der Waals surface area (Å²) in [7, 11) is 0. The molecular formula is C16H17FN2O. The number of nitriles is 2. The van der Waals surface area contributed by atoms with E-state index in [4.69, 9.17) is 15.3 Å². The zero-order chi connectivity index (χ0) is 14.8. The summed E-state index contributed by atoms with van der Waals surface area (Å²) in [5.74, 6) is -0.0273. The molecule has 0 saturated heterocycles. The number of nitrogens with zero attached hydrogens (tertiary/aromatic N) is 2. The van der Waals surface area contributed by atoms with Crippen LogP contribution in [0, 0.1) is 28.5 Å². The van der Waals surface area contributed by atoms with Crippen molar-refractivity contribution >= 4 is 6.08 Å². The van der Waals surface area contributed by atoms with Gasteiger partial charge < -0.3 is 4.74 Å². The number of allylic oxidation sites excluding steroid dienone is 1. The van der Waals surface area contributed by atoms with E-state index in [1.54, 1.807) is 18.2 Å². The van der Waals surface area contributed by atoms with Crippen LogP contribution in [0.25, 0.3) is 6.08 Å². The van der Waals surface area contributed by atoms with Gasteiger partial charge in [-0.15, -0.1) is 0 Å². The summed E-state index contributed by atoms with van der Waals surface area (Å²) >= 11 is 0. The van der Waals surface area contributed by atoms with Gasteiger partial charge in [0.25, 0.3) is 0 Å². The van der Waals surface area contributed by atoms with Crippen LogP contribution in [0.4, 0.5) is 4.39 Å². The van der Waals surface area contributed by atoms with Gasteiger partial charge in [0.05, 0.1) is 6.61 Å². The van der Waals surface area contributed by atoms with Crippen molar-refractivity contribution in [2.75, 3.05) is 6.61 Å². The minimum absolute atomic E-state index is 0.0653. The summed E-state index contributed by atoms with van der Waals surface area (Å²) in [6.45, 7) is 2.67. The van der Waals surface area contributed by atoms with E-state index in [-0.39, 0.29) is 5.57 Å². The zero-order valence-corrected chi connectivity index (χ0v) is 11.5. The maximum absolute atomic E-state index is 13.4. The fourth-order valence-electron chi connectivity index (χ4n) is 1.73. The van der Waals surface area contributed by atoms with Gasteiger partial charge in [0.15, 0.2) is 0 Å². The molecule has 4 heteroatoms. The van der Waals surface area contributed by atoms with Gasteiger partial charge in [0, 0.05) is 6.07 Å². The smallest absolute Gasteiger partial charge is 0.130 e. The summed E-state index contributed by atoms with van der Waals surface area (Å²) in [5.41, 5.74) is 0.385. The third-order valence-electron chi connectivity index (χ3n) is 2.71. The Morgan fingerprint density at radius 1 is 1.20 bits per heavy atom. The van der Waals surface area contributed by atoms with E-state index < -0.39 is 5.82 Å². The van der Waals surface area contributed by atoms with Crippen LogP contribution >= 0.6 is 0 Å². The highest BCUT2D eigenvalue weighted by atomic mass is 19.1. The summed E-state index contributed by atoms with van der Waals surface area (Å²) in [6.07, 6.45) is 5.67. The predicted molar refractivity (Wildman–Crippen MR) is 75.2 cm³/mol. The van der Waals surface area contributed by atoms with Gasteiger partial charge in [-0.1, -0.05) is 26.2 Å². The zero-order valence-electron chi connectivity index (χ0n) is 11.5. The van der Waals surface area contributed by atoms with Crippen molar-refractivity contribution in [3.05, 3.63) is 35.2 Å². The number of hydrogen-bond donors (Lipinski definition) is 0. The summed E-state index contributed by atoms with van der Waals surface area (Å²) in [5, 5.41) is 17.4. The standard InChI is InChI=1S/C16H17FN2O/c1-2-3-4-5-6-20-16-9-13(8-15(17)10-16)7-14(11-18)12-19/h7-10H,2-6H2,1H3. The number of ether oxygens (including phenoxy) is 1. The Bertz CT molecular complexity index is 537. The van der Waals surface area contributed by atoms with Crippen LogP contribution in [0.5, 0.6) is 5.75 Å². The number of unbranched alkanes of at least 4 members (excludes halogenated alkanes) is 3. The molecule has 0 aliphatic rings. The van der Waals surface area contributed by atoms with Crippen LogP contribution in [-0.2, 0) is 0 Å². The number of hydrogen-bond acceptors (Lipinski definition) is 3. The van der Waals surface area contributed by atoms with Gasteiger partial charge in [-0.25, -0.2) is 4.39 Å². The van der Waals surface area contributed by atoms with E-state index in [0.29, 0.717) is 17.9 Å². The molecule has 0 N–H and O–H groups in total. The van der Waals surface area contributed by atoms with E-state index in [0.717, 1.165) is 25.7 Å². The minimum atomic E-state index is -0.447. The molecule has 0 heterocycles. The first kappa shape index (κ1) is 15.7. The van der Waals surface area contributed by atoms with Gasteiger partial charge in [-0.2, -0.15) is 10.5 Å². The summed E-state index contributed by atoms with van der Waals surface area (Å²) in [6, 6.07) is 7.67. The van der Waals surface area contributed by atoms with Crippen molar-refractivity contribution in [2.45, 2.75) is 32.6 Å². The van der Waals surface area contributed by atoms with Crippen molar-refractivity contribution < 1.29 is 9.13 Å². The molecule has 0 atom stereocenters. The van der Waals surface area contributed by atoms with Gasteiger partial charge >= 0.3 is 0 Å². The quantitative estimate of drug-likeness (QED) is 0.551. The Kier molecular flexibility index (Phi) is 6.85. The Hall–Kier alpha value is -2.33. The first-order valence-electron chi connectivity index (χ1n) is 6.65. The van der Waals surface area contributed by atoms with Crippen molar-refractivity contribution in [2.24, 2.45) is 0 Å². The molecule has 1 aromatic rings. The average molecular weight is 272 g/mol. The SMILES string of the molecule is CCCCCCOc1cc(F)cc(C=C(C#N)C#N)c1. The summed E-state index contributed by atoms with van der Waals surface area (Å²) in [4.78, 5) is 0. The molecule has 0 spiro atoms. The van der Waals surface area contributed by atoms with Crippen LogP contribution < -0.4 is 4.74 Å². The molecule has 0 amide bonds. The van der Waals surface area contributed by atoms with Crippen molar-refractivity contribution in [3.63, 3.8) is 0 Å². The van der Waals surface area contributed by atoms with Crippen molar-refractivity contribution in [1.29, 1.82) is 10.5 Å². The molecule has 0 unspecified atom stereocenters. The molecule has 0 fully saturated rings. The Labute approximate surface area is 118 Å². The normalized spacial score (nSPS) is 9.40. The molecular weight excluding hydrogens is 255 g/mol. The highest BCUT2D eigenvalue weighted by molar-refractivity contribution is 5.63. The topological polar surface area (TPSA) is 56.8 Å². The third kappa shape index (κ3) is 5.54. The van der Waals surface area contributed by atoms with Crippen LogP contribution in [0.1, 0.15) is 38.2 Å². The molecule has 20 heavy (non-hydrogen) atoms. The van der Waals surface area contributed by atoms with E-state index in [2.05, 4.69) is 6.92 Å². The van der Waals surface area contributed by atoms with E-state index in [1.165, 1.54) is 18.2 Å². The van der Waals surface area contributed by atoms with Gasteiger partial charge in [-0.05, 0) is 30.2 Å². The highest BCUT2D eigenvalue weighted by Gasteiger charge is 2.02. The molecule has 0 bridgehead atoms. The van der Waals surface area contributed by atoms with E-state index >= 15 is 0 Å². The second kappa shape index (κ2) is 8.72. The monoisotopic (exact) mass is 272 g/mol. The second-order valence-electron chi connectivity index (χ2n) is 4.41. The molecule has 1 rings (SSSR count). The van der Waals surface area contributed by atoms with Crippen LogP contribution in [0.15, 0.2) is 23.8 Å². The largest absolute Gasteiger partial charge is 0.493 e. The predicted octanol–water partition coefficient (Wildman–Crippen LogP) is 4.22. The number of benzene rings is 1. The van der Waals surface area contributed by atoms with Crippen LogP contribution in [-0.4, -0.2) is 6.61 Å². The lowest BCUT2D eigenvalue weighted by atomic mass is 10.1. The molecule has 1 aromatic carbocycles. The minimum Gasteiger partial charge on any atom is -0.493 e. The molecule has 0 saturated carbocycles. The Morgan fingerprint density at radius 2 is 1.95 bits per heavy atom. The van der Waals surface area contributed by atoms with Gasteiger partial charge in [0.2, 0.25) is 0 Å². The summed E-state index contributed by atoms with van der Waals surface area (Å²) < 4.78 is 18.9. The van der Waals surface area contributed by atoms with E-state index in [1.807, 2.05) is 0 Å². The lowest BCUT2D eigenvalue weighted by molar-refractivity contribution is 0.303. The number of rotatable bonds is 7. The number of halogens is 1. The maximum atomic E-state index is 13.4. The molecule has 0 radical (unpaired) electrons. The first-order chi connectivity index (χ1) is 9.69. The Balaban J connectivity index is 2.70. The fraction of sp³-hybridized carbons (Fsp3) is 0.375. The van der Waals surface area contributed by atoms with Gasteiger partial charge in [-0.3, -0.25) is 0 Å². The third-order valence-corrected chi connectivity index (χ3v) is 2.71. The molecule has 3 nitrogen and oxygen atoms in total. The maximum Gasteiger partial charge on any atom is 0.130 e. The highest BCUT2D eigenvalue weighted by Crippen LogP contribution is 2.19. The van der Waals surface area contributed by atoms with Crippen LogP contribution in [0.2, 0.25) is 0 Å². The van der Waals surface area contributed by atoms with E-state index in [9.17, 15) is 4.39 Å². The van der Waals surface area contributed by atoms with Crippen molar-refractivity contribution in [1.82, 2.24) is 0 Å². The molecule has 104 valence electrons. The average Bonchev–Trinajstić information content (AvgIpc) is 2.44. The van der Waals surface area contributed by atoms with Crippen molar-refractivity contribution in [3.8, 4) is 17.9 Å². The first-order valence-corrected chi connectivity index (χ1v) is 6.65. The lowest BCUT2D eigenvalue weighted by Crippen LogP contribution is -1.98. The fourth-order valence-corrected chi connectivity index (χ4v) is 1.73. The second-order valence-corrected chi connectivity index (χ2v) is 4.41. The molecule has 0 aromatic heterocycles. The Morgan fingerprint density at radius 3 is 2.60 bits per heavy atom. The molecule has 0 aliphatic heterocycles. The van der Waals surface area contributed by atoms with Gasteiger partial charge in [0.1, 0.15) is 29.3 Å². The van der Waals surface area contributed by atoms with Crippen LogP contribution in [0.3, 0.4) is 0 Å².